The Bertz CT molecular complexity index is 380. The van der Waals surface area contributed by atoms with Gasteiger partial charge in [-0.2, -0.15) is 0 Å². The monoisotopic (exact) mass is 253 g/mol. The highest BCUT2D eigenvalue weighted by Gasteiger charge is 2.10. The Morgan fingerprint density at radius 3 is 2.78 bits per heavy atom. The zero-order chi connectivity index (χ0) is 13.4. The summed E-state index contributed by atoms with van der Waals surface area (Å²) in [5, 5.41) is 2.71. The summed E-state index contributed by atoms with van der Waals surface area (Å²) in [6, 6.07) is 1.38. The summed E-state index contributed by atoms with van der Waals surface area (Å²) in [7, 11) is 0. The number of hydrogen-bond acceptors (Lipinski definition) is 3. The van der Waals surface area contributed by atoms with Gasteiger partial charge in [0.1, 0.15) is 0 Å². The second-order valence-electron chi connectivity index (χ2n) is 3.99. The molecular weight excluding hydrogens is 233 g/mol. The summed E-state index contributed by atoms with van der Waals surface area (Å²) in [6.07, 6.45) is 3.32. The fourth-order valence-corrected chi connectivity index (χ4v) is 1.70. The summed E-state index contributed by atoms with van der Waals surface area (Å²) in [5.74, 6) is -0.965. The van der Waals surface area contributed by atoms with Gasteiger partial charge in [0, 0.05) is 12.7 Å². The Hall–Kier alpha value is -1.49. The van der Waals surface area contributed by atoms with Gasteiger partial charge in [0.15, 0.2) is 5.82 Å². The third-order valence-corrected chi connectivity index (χ3v) is 2.85. The number of nitrogens with zero attached hydrogens (tertiary/aromatic N) is 2. The Balaban J connectivity index is 2.32. The lowest BCUT2D eigenvalue weighted by Crippen LogP contribution is -2.30. The molecule has 0 aliphatic heterocycles. The molecule has 1 rings (SSSR count). The van der Waals surface area contributed by atoms with Crippen molar-refractivity contribution in [3.8, 4) is 0 Å². The average Bonchev–Trinajstić information content (AvgIpc) is 2.39. The molecule has 4 nitrogen and oxygen atoms in total. The molecule has 5 heteroatoms. The number of carbonyl (C=O) groups excluding carboxylic acids is 1. The third-order valence-electron chi connectivity index (χ3n) is 2.85. The third kappa shape index (κ3) is 4.41. The van der Waals surface area contributed by atoms with Crippen LogP contribution in [0.3, 0.4) is 0 Å². The Morgan fingerprint density at radius 2 is 2.17 bits per heavy atom. The zero-order valence-electron chi connectivity index (χ0n) is 10.9. The molecule has 0 saturated heterocycles. The quantitative estimate of drug-likeness (QED) is 0.752. The SMILES string of the molecule is CCN(CC)CCCNC(=O)c1ccncc1F. The Labute approximate surface area is 107 Å². The van der Waals surface area contributed by atoms with Gasteiger partial charge in [-0.1, -0.05) is 13.8 Å². The molecule has 1 aromatic rings. The van der Waals surface area contributed by atoms with E-state index in [0.29, 0.717) is 6.54 Å². The van der Waals surface area contributed by atoms with Gasteiger partial charge in [0.25, 0.3) is 5.91 Å². The first-order valence-electron chi connectivity index (χ1n) is 6.29. The van der Waals surface area contributed by atoms with Crippen molar-refractivity contribution in [1.82, 2.24) is 15.2 Å². The summed E-state index contributed by atoms with van der Waals surface area (Å²) in [4.78, 5) is 17.5. The maximum atomic E-state index is 13.3. The van der Waals surface area contributed by atoms with Crippen LogP contribution >= 0.6 is 0 Å². The fourth-order valence-electron chi connectivity index (χ4n) is 1.70. The molecule has 0 aliphatic rings. The van der Waals surface area contributed by atoms with Crippen molar-refractivity contribution in [2.24, 2.45) is 0 Å². The first-order valence-corrected chi connectivity index (χ1v) is 6.29. The molecule has 1 amide bonds. The van der Waals surface area contributed by atoms with E-state index in [-0.39, 0.29) is 11.5 Å². The van der Waals surface area contributed by atoms with Crippen LogP contribution in [0.4, 0.5) is 4.39 Å². The van der Waals surface area contributed by atoms with Crippen molar-refractivity contribution < 1.29 is 9.18 Å². The first-order chi connectivity index (χ1) is 8.69. The topological polar surface area (TPSA) is 45.2 Å². The number of aromatic nitrogens is 1. The summed E-state index contributed by atoms with van der Waals surface area (Å²) >= 11 is 0. The predicted molar refractivity (Wildman–Crippen MR) is 68.9 cm³/mol. The number of hydrogen-bond donors (Lipinski definition) is 1. The van der Waals surface area contributed by atoms with Crippen molar-refractivity contribution in [2.75, 3.05) is 26.2 Å². The highest BCUT2D eigenvalue weighted by molar-refractivity contribution is 5.94. The average molecular weight is 253 g/mol. The van der Waals surface area contributed by atoms with Crippen LogP contribution in [0.25, 0.3) is 0 Å². The van der Waals surface area contributed by atoms with Gasteiger partial charge >= 0.3 is 0 Å². The van der Waals surface area contributed by atoms with Gasteiger partial charge in [-0.05, 0) is 32.1 Å². The van der Waals surface area contributed by atoms with Crippen LogP contribution in [0.2, 0.25) is 0 Å². The minimum atomic E-state index is -0.584. The molecule has 1 N–H and O–H groups in total. The number of nitrogens with one attached hydrogen (secondary N) is 1. The molecule has 100 valence electrons. The normalized spacial score (nSPS) is 10.7. The predicted octanol–water partition coefficient (Wildman–Crippen LogP) is 1.68. The van der Waals surface area contributed by atoms with Crippen molar-refractivity contribution in [3.63, 3.8) is 0 Å². The van der Waals surface area contributed by atoms with Crippen molar-refractivity contribution >= 4 is 5.91 Å². The van der Waals surface area contributed by atoms with E-state index >= 15 is 0 Å². The highest BCUT2D eigenvalue weighted by Crippen LogP contribution is 2.03. The number of carbonyl (C=O) groups is 1. The van der Waals surface area contributed by atoms with Gasteiger partial charge < -0.3 is 10.2 Å². The molecule has 0 atom stereocenters. The van der Waals surface area contributed by atoms with E-state index in [1.165, 1.54) is 12.3 Å². The van der Waals surface area contributed by atoms with Crippen LogP contribution in [0.1, 0.15) is 30.6 Å². The van der Waals surface area contributed by atoms with E-state index in [1.54, 1.807) is 0 Å². The van der Waals surface area contributed by atoms with Crippen molar-refractivity contribution in [1.29, 1.82) is 0 Å². The van der Waals surface area contributed by atoms with E-state index in [0.717, 1.165) is 32.3 Å². The molecule has 1 aromatic heterocycles. The maximum Gasteiger partial charge on any atom is 0.254 e. The largest absolute Gasteiger partial charge is 0.352 e. The van der Waals surface area contributed by atoms with E-state index in [4.69, 9.17) is 0 Å². The fraction of sp³-hybridized carbons (Fsp3) is 0.538. The second-order valence-corrected chi connectivity index (χ2v) is 3.99. The standard InChI is InChI=1S/C13H20FN3O/c1-3-17(4-2)9-5-7-16-13(18)11-6-8-15-10-12(11)14/h6,8,10H,3-5,7,9H2,1-2H3,(H,16,18). The molecular formula is C13H20FN3O. The Kier molecular flexibility index (Phi) is 6.28. The maximum absolute atomic E-state index is 13.3. The summed E-state index contributed by atoms with van der Waals surface area (Å²) < 4.78 is 13.3. The minimum absolute atomic E-state index is 0.0489. The van der Waals surface area contributed by atoms with Crippen LogP contribution in [0, 0.1) is 5.82 Å². The Morgan fingerprint density at radius 1 is 1.44 bits per heavy atom. The van der Waals surface area contributed by atoms with Crippen LogP contribution in [0.15, 0.2) is 18.5 Å². The molecule has 0 bridgehead atoms. The van der Waals surface area contributed by atoms with Crippen LogP contribution in [-0.4, -0.2) is 42.0 Å². The van der Waals surface area contributed by atoms with Crippen molar-refractivity contribution in [3.05, 3.63) is 29.8 Å². The van der Waals surface area contributed by atoms with Gasteiger partial charge in [-0.15, -0.1) is 0 Å². The van der Waals surface area contributed by atoms with Gasteiger partial charge in [-0.25, -0.2) is 4.39 Å². The number of amides is 1. The first kappa shape index (κ1) is 14.6. The van der Waals surface area contributed by atoms with Crippen LogP contribution in [0.5, 0.6) is 0 Å². The number of pyridine rings is 1. The van der Waals surface area contributed by atoms with Gasteiger partial charge in [0.2, 0.25) is 0 Å². The number of rotatable bonds is 7. The van der Waals surface area contributed by atoms with Gasteiger partial charge in [-0.3, -0.25) is 9.78 Å². The summed E-state index contributed by atoms with van der Waals surface area (Å²) in [6.45, 7) is 7.71. The molecule has 1 heterocycles. The molecule has 0 spiro atoms. The van der Waals surface area contributed by atoms with Gasteiger partial charge in [0.05, 0.1) is 11.8 Å². The molecule has 0 aromatic carbocycles. The molecule has 18 heavy (non-hydrogen) atoms. The van der Waals surface area contributed by atoms with E-state index in [9.17, 15) is 9.18 Å². The smallest absolute Gasteiger partial charge is 0.254 e. The second kappa shape index (κ2) is 7.76. The van der Waals surface area contributed by atoms with Crippen LogP contribution in [-0.2, 0) is 0 Å². The molecule has 0 unspecified atom stereocenters. The van der Waals surface area contributed by atoms with E-state index in [1.807, 2.05) is 0 Å². The minimum Gasteiger partial charge on any atom is -0.352 e. The van der Waals surface area contributed by atoms with E-state index in [2.05, 4.69) is 29.0 Å². The molecule has 0 radical (unpaired) electrons. The molecule has 0 aliphatic carbocycles. The van der Waals surface area contributed by atoms with Crippen molar-refractivity contribution in [2.45, 2.75) is 20.3 Å². The van der Waals surface area contributed by atoms with E-state index < -0.39 is 5.82 Å². The lowest BCUT2D eigenvalue weighted by atomic mass is 10.2. The zero-order valence-corrected chi connectivity index (χ0v) is 10.9. The molecule has 0 saturated carbocycles. The summed E-state index contributed by atoms with van der Waals surface area (Å²) in [5.41, 5.74) is 0.0489. The number of halogens is 1. The molecule has 0 fully saturated rings. The lowest BCUT2D eigenvalue weighted by molar-refractivity contribution is 0.0947. The van der Waals surface area contributed by atoms with Crippen LogP contribution < -0.4 is 5.32 Å². The highest BCUT2D eigenvalue weighted by atomic mass is 19.1. The lowest BCUT2D eigenvalue weighted by Gasteiger charge is -2.17.